The van der Waals surface area contributed by atoms with Crippen LogP contribution < -0.4 is 16.0 Å². The van der Waals surface area contributed by atoms with Crippen molar-refractivity contribution in [2.75, 3.05) is 11.9 Å². The van der Waals surface area contributed by atoms with Crippen molar-refractivity contribution in [2.24, 2.45) is 0 Å². The quantitative estimate of drug-likeness (QED) is 0.566. The van der Waals surface area contributed by atoms with E-state index in [1.165, 1.54) is 16.3 Å². The van der Waals surface area contributed by atoms with Gasteiger partial charge in [-0.05, 0) is 49.6 Å². The van der Waals surface area contributed by atoms with Gasteiger partial charge in [0, 0.05) is 11.3 Å². The number of para-hydroxylation sites is 1. The van der Waals surface area contributed by atoms with Crippen molar-refractivity contribution < 1.29 is 14.9 Å². The van der Waals surface area contributed by atoms with Gasteiger partial charge in [0.2, 0.25) is 5.91 Å². The number of quaternary nitrogens is 1. The first-order valence-corrected chi connectivity index (χ1v) is 10.3. The standard InChI is InChI=1S/C25H29N3O2/c1-16-9-7-10-17(2)24(16)28-23(29)15-26-25(30)19(4)27-18(3)21-14-8-12-20-11-5-6-13-22(20)21/h5-14,18-19,27H,15H2,1-4H3,(H,26,30)(H,28,29)/p+1/t18-,19+/m0/s1. The molecular weight excluding hydrogens is 374 g/mol. The van der Waals surface area contributed by atoms with Crippen LogP contribution in [0.3, 0.4) is 0 Å². The molecule has 3 aromatic carbocycles. The van der Waals surface area contributed by atoms with Crippen LogP contribution in [0, 0.1) is 13.8 Å². The topological polar surface area (TPSA) is 74.8 Å². The lowest BCUT2D eigenvalue weighted by Gasteiger charge is -2.18. The van der Waals surface area contributed by atoms with Crippen LogP contribution in [0.2, 0.25) is 0 Å². The van der Waals surface area contributed by atoms with Gasteiger partial charge in [0.05, 0.1) is 6.54 Å². The van der Waals surface area contributed by atoms with Crippen molar-refractivity contribution in [3.05, 3.63) is 77.4 Å². The summed E-state index contributed by atoms with van der Waals surface area (Å²) in [5.74, 6) is -0.381. The molecule has 5 heteroatoms. The molecule has 0 aromatic heterocycles. The average Bonchev–Trinajstić information content (AvgIpc) is 2.74. The molecule has 0 radical (unpaired) electrons. The number of anilines is 1. The van der Waals surface area contributed by atoms with Crippen LogP contribution in [-0.2, 0) is 9.59 Å². The van der Waals surface area contributed by atoms with Crippen molar-refractivity contribution in [1.29, 1.82) is 0 Å². The highest BCUT2D eigenvalue weighted by molar-refractivity contribution is 5.96. The SMILES string of the molecule is Cc1cccc(C)c1NC(=O)CNC(=O)[C@@H](C)[NH2+][C@@H](C)c1cccc2ccccc12. The van der Waals surface area contributed by atoms with Gasteiger partial charge in [-0.3, -0.25) is 9.59 Å². The van der Waals surface area contributed by atoms with Crippen molar-refractivity contribution in [3.63, 3.8) is 0 Å². The van der Waals surface area contributed by atoms with Gasteiger partial charge >= 0.3 is 0 Å². The fourth-order valence-electron chi connectivity index (χ4n) is 3.80. The van der Waals surface area contributed by atoms with E-state index in [9.17, 15) is 9.59 Å². The van der Waals surface area contributed by atoms with E-state index in [2.05, 4.69) is 41.8 Å². The molecule has 156 valence electrons. The third kappa shape index (κ3) is 5.05. The Balaban J connectivity index is 1.56. The van der Waals surface area contributed by atoms with Gasteiger partial charge < -0.3 is 16.0 Å². The van der Waals surface area contributed by atoms with E-state index in [-0.39, 0.29) is 30.4 Å². The first-order chi connectivity index (χ1) is 14.4. The lowest BCUT2D eigenvalue weighted by Crippen LogP contribution is -2.92. The molecule has 0 bridgehead atoms. The molecule has 30 heavy (non-hydrogen) atoms. The van der Waals surface area contributed by atoms with Crippen LogP contribution in [-0.4, -0.2) is 24.4 Å². The van der Waals surface area contributed by atoms with Gasteiger partial charge in [-0.25, -0.2) is 0 Å². The predicted octanol–water partition coefficient (Wildman–Crippen LogP) is 3.22. The molecule has 2 amide bonds. The molecule has 0 unspecified atom stereocenters. The number of fused-ring (bicyclic) bond motifs is 1. The third-order valence-electron chi connectivity index (χ3n) is 5.47. The maximum Gasteiger partial charge on any atom is 0.278 e. The maximum absolute atomic E-state index is 12.5. The second-order valence-electron chi connectivity index (χ2n) is 7.87. The number of carbonyl (C=O) groups is 2. The minimum atomic E-state index is -0.313. The van der Waals surface area contributed by atoms with Gasteiger partial charge in [0.1, 0.15) is 6.04 Å². The zero-order valence-corrected chi connectivity index (χ0v) is 18.0. The molecule has 5 nitrogen and oxygen atoms in total. The molecule has 0 heterocycles. The number of aryl methyl sites for hydroxylation is 2. The molecule has 3 aromatic rings. The molecule has 0 aliphatic heterocycles. The molecule has 0 saturated carbocycles. The molecule has 3 rings (SSSR count). The Labute approximate surface area is 177 Å². The zero-order valence-electron chi connectivity index (χ0n) is 18.0. The fraction of sp³-hybridized carbons (Fsp3) is 0.280. The summed E-state index contributed by atoms with van der Waals surface area (Å²) >= 11 is 0. The van der Waals surface area contributed by atoms with Gasteiger partial charge in [-0.2, -0.15) is 0 Å². The summed E-state index contributed by atoms with van der Waals surface area (Å²) in [6.45, 7) is 7.81. The van der Waals surface area contributed by atoms with Crippen LogP contribution in [0.15, 0.2) is 60.7 Å². The van der Waals surface area contributed by atoms with Crippen LogP contribution in [0.1, 0.15) is 36.6 Å². The normalized spacial score (nSPS) is 12.9. The second kappa shape index (κ2) is 9.55. The van der Waals surface area contributed by atoms with Crippen LogP contribution >= 0.6 is 0 Å². The molecule has 0 saturated heterocycles. The highest BCUT2D eigenvalue weighted by atomic mass is 16.2. The van der Waals surface area contributed by atoms with Crippen molar-refractivity contribution >= 4 is 28.3 Å². The lowest BCUT2D eigenvalue weighted by molar-refractivity contribution is -0.710. The summed E-state index contributed by atoms with van der Waals surface area (Å²) < 4.78 is 0. The Bertz CT molecular complexity index is 1040. The van der Waals surface area contributed by atoms with Gasteiger partial charge in [-0.1, -0.05) is 60.7 Å². The Morgan fingerprint density at radius 3 is 2.27 bits per heavy atom. The molecule has 0 aliphatic rings. The summed E-state index contributed by atoms with van der Waals surface area (Å²) in [5.41, 5.74) is 4.00. The highest BCUT2D eigenvalue weighted by Gasteiger charge is 2.22. The van der Waals surface area contributed by atoms with E-state index in [0.29, 0.717) is 0 Å². The zero-order chi connectivity index (χ0) is 21.7. The Morgan fingerprint density at radius 1 is 0.900 bits per heavy atom. The third-order valence-corrected chi connectivity index (χ3v) is 5.47. The number of hydrogen-bond donors (Lipinski definition) is 3. The van der Waals surface area contributed by atoms with Gasteiger partial charge in [0.25, 0.3) is 5.91 Å². The number of benzene rings is 3. The fourth-order valence-corrected chi connectivity index (χ4v) is 3.80. The number of nitrogens with two attached hydrogens (primary N) is 1. The number of amides is 2. The minimum absolute atomic E-state index is 0.0482. The number of carbonyl (C=O) groups excluding carboxylic acids is 2. The molecule has 4 N–H and O–H groups in total. The van der Waals surface area contributed by atoms with Crippen molar-refractivity contribution in [3.8, 4) is 0 Å². The molecule has 0 aliphatic carbocycles. The van der Waals surface area contributed by atoms with E-state index in [0.717, 1.165) is 16.8 Å². The van der Waals surface area contributed by atoms with Crippen molar-refractivity contribution in [1.82, 2.24) is 5.32 Å². The number of hydrogen-bond acceptors (Lipinski definition) is 2. The monoisotopic (exact) mass is 404 g/mol. The molecule has 2 atom stereocenters. The summed E-state index contributed by atoms with van der Waals surface area (Å²) in [4.78, 5) is 24.8. The lowest BCUT2D eigenvalue weighted by atomic mass is 9.99. The van der Waals surface area contributed by atoms with E-state index in [1.807, 2.05) is 62.5 Å². The highest BCUT2D eigenvalue weighted by Crippen LogP contribution is 2.22. The molecular formula is C25H30N3O2+. The van der Waals surface area contributed by atoms with E-state index in [4.69, 9.17) is 0 Å². The largest absolute Gasteiger partial charge is 0.342 e. The minimum Gasteiger partial charge on any atom is -0.342 e. The Hall–Kier alpha value is -3.18. The van der Waals surface area contributed by atoms with Crippen LogP contribution in [0.25, 0.3) is 10.8 Å². The number of rotatable bonds is 7. The Kier molecular flexibility index (Phi) is 6.85. The average molecular weight is 405 g/mol. The van der Waals surface area contributed by atoms with Crippen LogP contribution in [0.5, 0.6) is 0 Å². The first-order valence-electron chi connectivity index (χ1n) is 10.3. The van der Waals surface area contributed by atoms with E-state index in [1.54, 1.807) is 0 Å². The Morgan fingerprint density at radius 2 is 1.53 bits per heavy atom. The molecule has 0 spiro atoms. The number of nitrogens with one attached hydrogen (secondary N) is 2. The summed E-state index contributed by atoms with van der Waals surface area (Å²) in [7, 11) is 0. The summed E-state index contributed by atoms with van der Waals surface area (Å²) in [5, 5.41) is 10.1. The molecule has 0 fully saturated rings. The van der Waals surface area contributed by atoms with Crippen LogP contribution in [0.4, 0.5) is 5.69 Å². The maximum atomic E-state index is 12.5. The summed E-state index contributed by atoms with van der Waals surface area (Å²) in [6.07, 6.45) is 0. The van der Waals surface area contributed by atoms with E-state index < -0.39 is 0 Å². The summed E-state index contributed by atoms with van der Waals surface area (Å²) in [6, 6.07) is 20.2. The van der Waals surface area contributed by atoms with Gasteiger partial charge in [0.15, 0.2) is 6.04 Å². The smallest absolute Gasteiger partial charge is 0.278 e. The van der Waals surface area contributed by atoms with Gasteiger partial charge in [-0.15, -0.1) is 0 Å². The van der Waals surface area contributed by atoms with Crippen molar-refractivity contribution in [2.45, 2.75) is 39.8 Å². The second-order valence-corrected chi connectivity index (χ2v) is 7.87. The predicted molar refractivity (Wildman–Crippen MR) is 121 cm³/mol. The van der Waals surface area contributed by atoms with E-state index >= 15 is 0 Å². The first kappa shape index (κ1) is 21.5.